The van der Waals surface area contributed by atoms with E-state index in [-0.39, 0.29) is 37.8 Å². The number of methoxy groups -OCH3 is 1. The van der Waals surface area contributed by atoms with Gasteiger partial charge in [-0.3, -0.25) is 0 Å². The van der Waals surface area contributed by atoms with Crippen LogP contribution in [0, 0.1) is 5.82 Å². The number of rotatable bonds is 7. The van der Waals surface area contributed by atoms with E-state index in [0.717, 1.165) is 0 Å². The van der Waals surface area contributed by atoms with Crippen LogP contribution in [0.4, 0.5) is 10.2 Å². The zero-order valence-corrected chi connectivity index (χ0v) is 20.0. The van der Waals surface area contributed by atoms with Crippen molar-refractivity contribution in [1.29, 1.82) is 0 Å². The Morgan fingerprint density at radius 2 is 2.08 bits per heavy atom. The molecule has 2 aromatic heterocycles. The van der Waals surface area contributed by atoms with Crippen molar-refractivity contribution < 1.29 is 33.2 Å². The van der Waals surface area contributed by atoms with Gasteiger partial charge in [0.05, 0.1) is 42.0 Å². The molecule has 0 amide bonds. The second-order valence-corrected chi connectivity index (χ2v) is 9.24. The first-order valence-corrected chi connectivity index (χ1v) is 11.9. The molecule has 36 heavy (non-hydrogen) atoms. The number of aliphatic hydroxyl groups is 1. The third-order valence-electron chi connectivity index (χ3n) is 6.40. The number of pyridine rings is 1. The van der Waals surface area contributed by atoms with Gasteiger partial charge in [0.1, 0.15) is 42.3 Å². The number of hydrogen-bond acceptors (Lipinski definition) is 9. The molecule has 0 bridgehead atoms. The van der Waals surface area contributed by atoms with E-state index in [4.69, 9.17) is 35.3 Å². The Bertz CT molecular complexity index is 1320. The fourth-order valence-corrected chi connectivity index (χ4v) is 4.93. The first kappa shape index (κ1) is 23.4. The lowest BCUT2D eigenvalue weighted by molar-refractivity contribution is 0.00706. The molecule has 190 valence electrons. The highest BCUT2D eigenvalue weighted by Gasteiger charge is 2.48. The molecule has 0 radical (unpaired) electrons. The Labute approximate surface area is 210 Å². The molecule has 5 atom stereocenters. The first-order chi connectivity index (χ1) is 17.5. The molecule has 10 nitrogen and oxygen atoms in total. The van der Waals surface area contributed by atoms with Crippen molar-refractivity contribution in [2.75, 3.05) is 38.9 Å². The van der Waals surface area contributed by atoms with E-state index in [1.165, 1.54) is 6.07 Å². The predicted molar refractivity (Wildman–Crippen MR) is 128 cm³/mol. The lowest BCUT2D eigenvalue weighted by Gasteiger charge is -2.15. The summed E-state index contributed by atoms with van der Waals surface area (Å²) in [6.07, 6.45) is 1.73. The minimum atomic E-state index is -0.665. The van der Waals surface area contributed by atoms with Crippen molar-refractivity contribution >= 4 is 34.7 Å². The molecule has 3 aliphatic rings. The highest BCUT2D eigenvalue weighted by Crippen LogP contribution is 2.39. The normalized spacial score (nSPS) is 26.9. The van der Waals surface area contributed by atoms with Crippen LogP contribution >= 0.6 is 11.6 Å². The molecule has 0 saturated carbocycles. The quantitative estimate of drug-likeness (QED) is 0.433. The van der Waals surface area contributed by atoms with E-state index in [0.29, 0.717) is 45.5 Å². The average Bonchev–Trinajstić information content (AvgIpc) is 3.61. The fourth-order valence-electron chi connectivity index (χ4n) is 4.72. The van der Waals surface area contributed by atoms with Crippen LogP contribution in [0.2, 0.25) is 5.02 Å². The number of halogens is 2. The summed E-state index contributed by atoms with van der Waals surface area (Å²) in [5, 5.41) is 13.4. The van der Waals surface area contributed by atoms with Crippen LogP contribution in [0.1, 0.15) is 17.2 Å². The topological polar surface area (TPSA) is 120 Å². The Balaban J connectivity index is 1.20. The number of nitrogens with zero attached hydrogens (tertiary/aromatic N) is 2. The summed E-state index contributed by atoms with van der Waals surface area (Å²) in [7, 11) is 1.59. The molecule has 3 aromatic rings. The number of hydrogen-bond donors (Lipinski definition) is 3. The lowest BCUT2D eigenvalue weighted by atomic mass is 10.0. The Morgan fingerprint density at radius 1 is 1.22 bits per heavy atom. The summed E-state index contributed by atoms with van der Waals surface area (Å²) in [6.45, 7) is 1.14. The molecule has 12 heteroatoms. The summed E-state index contributed by atoms with van der Waals surface area (Å²) >= 11 is 6.48. The van der Waals surface area contributed by atoms with Crippen LogP contribution in [0.25, 0.3) is 17.2 Å². The van der Waals surface area contributed by atoms with Gasteiger partial charge in [0.2, 0.25) is 0 Å². The molecule has 0 unspecified atom stereocenters. The van der Waals surface area contributed by atoms with Gasteiger partial charge in [-0.25, -0.2) is 9.37 Å². The lowest BCUT2D eigenvalue weighted by Crippen LogP contribution is -2.34. The highest BCUT2D eigenvalue weighted by atomic mass is 35.5. The Morgan fingerprint density at radius 3 is 2.94 bits per heavy atom. The molecular formula is C24H24ClFN4O6. The predicted octanol–water partition coefficient (Wildman–Crippen LogP) is 2.86. The van der Waals surface area contributed by atoms with E-state index < -0.39 is 24.4 Å². The molecule has 0 aliphatic carbocycles. The molecule has 6 rings (SSSR count). The zero-order chi connectivity index (χ0) is 24.8. The van der Waals surface area contributed by atoms with E-state index in [9.17, 15) is 9.50 Å². The van der Waals surface area contributed by atoms with E-state index in [2.05, 4.69) is 20.3 Å². The maximum absolute atomic E-state index is 15.0. The minimum absolute atomic E-state index is 0.210. The number of benzene rings is 1. The maximum atomic E-state index is 15.0. The first-order valence-electron chi connectivity index (χ1n) is 11.5. The van der Waals surface area contributed by atoms with Crippen molar-refractivity contribution in [2.45, 2.75) is 30.5 Å². The maximum Gasteiger partial charge on any atom is 0.296 e. The van der Waals surface area contributed by atoms with Crippen LogP contribution in [0.5, 0.6) is 11.8 Å². The third-order valence-corrected chi connectivity index (χ3v) is 6.69. The molecule has 0 spiro atoms. The summed E-state index contributed by atoms with van der Waals surface area (Å²) in [5.74, 6) is 0.427. The summed E-state index contributed by atoms with van der Waals surface area (Å²) in [5.41, 5.74) is 2.04. The van der Waals surface area contributed by atoms with E-state index in [1.54, 1.807) is 31.4 Å². The van der Waals surface area contributed by atoms with Crippen molar-refractivity contribution in [2.24, 2.45) is 0 Å². The number of aliphatic hydroxyl groups excluding tert-OH is 1. The highest BCUT2D eigenvalue weighted by molar-refractivity contribution is 6.33. The number of H-pyrrole nitrogens is 1. The minimum Gasteiger partial charge on any atom is -0.491 e. The van der Waals surface area contributed by atoms with Gasteiger partial charge in [-0.1, -0.05) is 23.8 Å². The van der Waals surface area contributed by atoms with Crippen LogP contribution in [-0.2, 0) is 14.2 Å². The van der Waals surface area contributed by atoms with Gasteiger partial charge < -0.3 is 39.1 Å². The number of imidazole rings is 1. The molecule has 1 aromatic carbocycles. The van der Waals surface area contributed by atoms with Gasteiger partial charge in [-0.2, -0.15) is 4.98 Å². The monoisotopic (exact) mass is 518 g/mol. The van der Waals surface area contributed by atoms with Crippen molar-refractivity contribution in [1.82, 2.24) is 15.0 Å². The summed E-state index contributed by atoms with van der Waals surface area (Å²) in [4.78, 5) is 12.0. The van der Waals surface area contributed by atoms with E-state index >= 15 is 0 Å². The Kier molecular flexibility index (Phi) is 6.18. The standard InChI is InChI=1S/C24H24ClFN4O6/c1-32-4-2-3-11-5-13(26)19-15(8-33-17(19)6-11)27-22-12(25)7-14-23(29-22)30-24(28-14)36-18-10-35-20-16(31)9-34-21(18)20/h2-3,5-7,15-16,18,20-21,31H,4,8-10H2,1H3,(H2,27,28,29,30)/b3-2+/t15-,16-,18-,20-,21-/m1/s1. The van der Waals surface area contributed by atoms with Gasteiger partial charge in [0.25, 0.3) is 6.01 Å². The number of nitrogens with one attached hydrogen (secondary N) is 2. The van der Waals surface area contributed by atoms with Gasteiger partial charge >= 0.3 is 0 Å². The molecular weight excluding hydrogens is 495 g/mol. The van der Waals surface area contributed by atoms with Crippen molar-refractivity contribution in [3.63, 3.8) is 0 Å². The van der Waals surface area contributed by atoms with Crippen LogP contribution in [0.15, 0.2) is 24.3 Å². The molecule has 3 N–H and O–H groups in total. The van der Waals surface area contributed by atoms with Gasteiger partial charge in [-0.15, -0.1) is 0 Å². The Hall–Kier alpha value is -2.96. The second-order valence-electron chi connectivity index (χ2n) is 8.83. The van der Waals surface area contributed by atoms with Crippen molar-refractivity contribution in [3.8, 4) is 11.8 Å². The smallest absolute Gasteiger partial charge is 0.296 e. The summed E-state index contributed by atoms with van der Waals surface area (Å²) < 4.78 is 42.8. The SMILES string of the molecule is COC/C=C/c1cc(F)c2c(c1)OC[C@H]2Nc1nc2nc(O[C@@H]3CO[C@H]4[C@@H]3OC[C@H]4O)[nH]c2cc1Cl. The number of fused-ring (bicyclic) bond motifs is 3. The van der Waals surface area contributed by atoms with E-state index in [1.807, 2.05) is 0 Å². The molecule has 5 heterocycles. The van der Waals surface area contributed by atoms with Crippen LogP contribution < -0.4 is 14.8 Å². The number of anilines is 1. The van der Waals surface area contributed by atoms with Gasteiger partial charge in [0, 0.05) is 7.11 Å². The number of ether oxygens (including phenoxy) is 5. The number of aromatic amines is 1. The largest absolute Gasteiger partial charge is 0.491 e. The molecule has 2 saturated heterocycles. The van der Waals surface area contributed by atoms with Crippen LogP contribution in [0.3, 0.4) is 0 Å². The average molecular weight is 519 g/mol. The van der Waals surface area contributed by atoms with Gasteiger partial charge in [-0.05, 0) is 23.8 Å². The molecule has 2 fully saturated rings. The van der Waals surface area contributed by atoms with Crippen LogP contribution in [-0.4, -0.2) is 78.0 Å². The van der Waals surface area contributed by atoms with Crippen molar-refractivity contribution in [3.05, 3.63) is 46.2 Å². The zero-order valence-electron chi connectivity index (χ0n) is 19.2. The second kappa shape index (κ2) is 9.49. The third kappa shape index (κ3) is 4.27. The van der Waals surface area contributed by atoms with Gasteiger partial charge in [0.15, 0.2) is 11.8 Å². The molecule has 3 aliphatic heterocycles. The number of aromatic nitrogens is 3. The summed E-state index contributed by atoms with van der Waals surface area (Å²) in [6, 6.07) is 4.67. The fraction of sp³-hybridized carbons (Fsp3) is 0.417.